The molecule has 2 N–H and O–H groups in total. The van der Waals surface area contributed by atoms with Crippen LogP contribution in [0.3, 0.4) is 0 Å². The molecule has 0 aliphatic carbocycles. The van der Waals surface area contributed by atoms with Crippen LogP contribution < -0.4 is 10.6 Å². The lowest BCUT2D eigenvalue weighted by atomic mass is 9.93. The largest absolute Gasteiger partial charge is 0.326 e. The topological polar surface area (TPSA) is 75.3 Å². The quantitative estimate of drug-likeness (QED) is 0.443. The second-order valence-corrected chi connectivity index (χ2v) is 7.19. The van der Waals surface area contributed by atoms with Crippen LogP contribution in [0.1, 0.15) is 27.9 Å². The number of aryl methyl sites for hydroxylation is 2. The van der Waals surface area contributed by atoms with Crippen molar-refractivity contribution in [3.8, 4) is 0 Å². The van der Waals surface area contributed by atoms with Crippen molar-refractivity contribution in [3.05, 3.63) is 95.6 Å². The number of ketones is 1. The summed E-state index contributed by atoms with van der Waals surface area (Å²) in [5.74, 6) is -2.43. The molecule has 30 heavy (non-hydrogen) atoms. The molecule has 2 amide bonds. The van der Waals surface area contributed by atoms with Gasteiger partial charge in [-0.05, 0) is 49.2 Å². The van der Waals surface area contributed by atoms with Crippen LogP contribution in [0.15, 0.2) is 78.9 Å². The summed E-state index contributed by atoms with van der Waals surface area (Å²) in [6.07, 6.45) is -0.251. The maximum atomic E-state index is 13.0. The molecule has 0 heterocycles. The highest BCUT2D eigenvalue weighted by Crippen LogP contribution is 2.19. The second kappa shape index (κ2) is 9.65. The first-order chi connectivity index (χ1) is 14.4. The number of carbonyl (C=O) groups is 3. The zero-order valence-corrected chi connectivity index (χ0v) is 17.0. The average Bonchev–Trinajstić information content (AvgIpc) is 2.75. The maximum absolute atomic E-state index is 13.0. The minimum Gasteiger partial charge on any atom is -0.326 e. The van der Waals surface area contributed by atoms with Crippen molar-refractivity contribution >= 4 is 29.0 Å². The molecule has 0 radical (unpaired) electrons. The van der Waals surface area contributed by atoms with E-state index in [0.29, 0.717) is 16.9 Å². The molecule has 1 atom stereocenters. The average molecular weight is 400 g/mol. The van der Waals surface area contributed by atoms with E-state index in [9.17, 15) is 14.4 Å². The molecular formula is C25H24N2O3. The van der Waals surface area contributed by atoms with E-state index in [1.165, 1.54) is 0 Å². The summed E-state index contributed by atoms with van der Waals surface area (Å²) in [4.78, 5) is 38.6. The lowest BCUT2D eigenvalue weighted by Gasteiger charge is -2.16. The van der Waals surface area contributed by atoms with Crippen molar-refractivity contribution in [2.75, 3.05) is 10.6 Å². The number of para-hydroxylation sites is 1. The number of Topliss-reactive ketones (excluding diaryl/α,β-unsaturated/α-hetero) is 1. The summed E-state index contributed by atoms with van der Waals surface area (Å²) in [7, 11) is 0. The van der Waals surface area contributed by atoms with E-state index in [1.807, 2.05) is 32.0 Å². The van der Waals surface area contributed by atoms with E-state index in [4.69, 9.17) is 0 Å². The number of rotatable bonds is 7. The molecule has 0 spiro atoms. The molecule has 0 saturated heterocycles. The molecule has 0 saturated carbocycles. The highest BCUT2D eigenvalue weighted by molar-refractivity contribution is 6.15. The summed E-state index contributed by atoms with van der Waals surface area (Å²) >= 11 is 0. The van der Waals surface area contributed by atoms with Gasteiger partial charge in [0.1, 0.15) is 5.92 Å². The molecule has 0 unspecified atom stereocenters. The third kappa shape index (κ3) is 5.41. The highest BCUT2D eigenvalue weighted by Gasteiger charge is 2.30. The Morgan fingerprint density at radius 2 is 1.37 bits per heavy atom. The number of hydrogen-bond acceptors (Lipinski definition) is 3. The summed E-state index contributed by atoms with van der Waals surface area (Å²) in [6, 6.07) is 23.0. The van der Waals surface area contributed by atoms with Gasteiger partial charge in [-0.3, -0.25) is 14.4 Å². The lowest BCUT2D eigenvalue weighted by molar-refractivity contribution is -0.123. The van der Waals surface area contributed by atoms with Crippen LogP contribution in [0.2, 0.25) is 0 Å². The van der Waals surface area contributed by atoms with Crippen LogP contribution >= 0.6 is 0 Å². The summed E-state index contributed by atoms with van der Waals surface area (Å²) in [5.41, 5.74) is 3.77. The van der Waals surface area contributed by atoms with Gasteiger partial charge in [0.2, 0.25) is 11.8 Å². The van der Waals surface area contributed by atoms with Gasteiger partial charge in [0.05, 0.1) is 0 Å². The fraction of sp³-hybridized carbons (Fsp3) is 0.160. The van der Waals surface area contributed by atoms with E-state index < -0.39 is 17.7 Å². The Morgan fingerprint density at radius 1 is 0.733 bits per heavy atom. The van der Waals surface area contributed by atoms with Crippen LogP contribution in [0.25, 0.3) is 0 Å². The third-order valence-electron chi connectivity index (χ3n) is 4.91. The van der Waals surface area contributed by atoms with E-state index in [2.05, 4.69) is 10.6 Å². The molecule has 3 aromatic rings. The first-order valence-corrected chi connectivity index (χ1v) is 9.76. The molecule has 5 heteroatoms. The van der Waals surface area contributed by atoms with Gasteiger partial charge < -0.3 is 10.6 Å². The van der Waals surface area contributed by atoms with Crippen molar-refractivity contribution in [3.63, 3.8) is 0 Å². The molecule has 0 fully saturated rings. The number of amides is 2. The molecule has 5 nitrogen and oxygen atoms in total. The Kier molecular flexibility index (Phi) is 6.75. The fourth-order valence-corrected chi connectivity index (χ4v) is 3.08. The van der Waals surface area contributed by atoms with Gasteiger partial charge in [0.25, 0.3) is 0 Å². The standard InChI is InChI=1S/C25H24N2O3/c1-17-13-14-21(15-18(17)2)26-23(28)16-22(24(29)19-9-5-3-6-10-19)25(30)27-20-11-7-4-8-12-20/h3-15,22H,16H2,1-2H3,(H,26,28)(H,27,30)/t22-/m1/s1. The minimum atomic E-state index is -1.14. The zero-order valence-electron chi connectivity index (χ0n) is 17.0. The first-order valence-electron chi connectivity index (χ1n) is 9.76. The highest BCUT2D eigenvalue weighted by atomic mass is 16.2. The van der Waals surface area contributed by atoms with Crippen molar-refractivity contribution in [1.82, 2.24) is 0 Å². The minimum absolute atomic E-state index is 0.251. The third-order valence-corrected chi connectivity index (χ3v) is 4.91. The van der Waals surface area contributed by atoms with Gasteiger partial charge in [0.15, 0.2) is 5.78 Å². The van der Waals surface area contributed by atoms with Crippen LogP contribution in [0.5, 0.6) is 0 Å². The number of carbonyl (C=O) groups excluding carboxylic acids is 3. The molecule has 3 aromatic carbocycles. The van der Waals surface area contributed by atoms with Gasteiger partial charge >= 0.3 is 0 Å². The molecule has 152 valence electrons. The Balaban J connectivity index is 1.79. The fourth-order valence-electron chi connectivity index (χ4n) is 3.08. The van der Waals surface area contributed by atoms with Crippen LogP contribution in [-0.2, 0) is 9.59 Å². The Morgan fingerprint density at radius 3 is 2.00 bits per heavy atom. The van der Waals surface area contributed by atoms with Crippen molar-refractivity contribution in [2.45, 2.75) is 20.3 Å². The maximum Gasteiger partial charge on any atom is 0.235 e. The second-order valence-electron chi connectivity index (χ2n) is 7.19. The van der Waals surface area contributed by atoms with Crippen LogP contribution in [-0.4, -0.2) is 17.6 Å². The van der Waals surface area contributed by atoms with Crippen LogP contribution in [0.4, 0.5) is 11.4 Å². The normalized spacial score (nSPS) is 11.4. The Bertz CT molecular complexity index is 1050. The Labute approximate surface area is 176 Å². The molecule has 0 aliphatic rings. The van der Waals surface area contributed by atoms with Crippen molar-refractivity contribution in [1.29, 1.82) is 0 Å². The predicted octanol–water partition coefficient (Wildman–Crippen LogP) is 4.77. The lowest BCUT2D eigenvalue weighted by Crippen LogP contribution is -2.33. The van der Waals surface area contributed by atoms with E-state index in [1.54, 1.807) is 60.7 Å². The first kappa shape index (κ1) is 21.0. The predicted molar refractivity (Wildman–Crippen MR) is 118 cm³/mol. The smallest absolute Gasteiger partial charge is 0.235 e. The molecular weight excluding hydrogens is 376 g/mol. The van der Waals surface area contributed by atoms with Crippen molar-refractivity contribution in [2.24, 2.45) is 5.92 Å². The van der Waals surface area contributed by atoms with Gasteiger partial charge in [-0.15, -0.1) is 0 Å². The SMILES string of the molecule is Cc1ccc(NC(=O)C[C@@H](C(=O)Nc2ccccc2)C(=O)c2ccccc2)cc1C. The van der Waals surface area contributed by atoms with Gasteiger partial charge in [-0.1, -0.05) is 54.6 Å². The number of nitrogens with one attached hydrogen (secondary N) is 2. The van der Waals surface area contributed by atoms with Gasteiger partial charge in [0, 0.05) is 23.4 Å². The number of hydrogen-bond donors (Lipinski definition) is 2. The van der Waals surface area contributed by atoms with Crippen molar-refractivity contribution < 1.29 is 14.4 Å². The molecule has 0 bridgehead atoms. The van der Waals surface area contributed by atoms with Gasteiger partial charge in [-0.25, -0.2) is 0 Å². The van der Waals surface area contributed by atoms with Crippen LogP contribution in [0, 0.1) is 19.8 Å². The van der Waals surface area contributed by atoms with E-state index in [0.717, 1.165) is 11.1 Å². The van der Waals surface area contributed by atoms with E-state index in [-0.39, 0.29) is 12.2 Å². The monoisotopic (exact) mass is 400 g/mol. The molecule has 0 aliphatic heterocycles. The summed E-state index contributed by atoms with van der Waals surface area (Å²) in [5, 5.41) is 5.53. The Hall–Kier alpha value is -3.73. The molecule has 0 aromatic heterocycles. The summed E-state index contributed by atoms with van der Waals surface area (Å²) in [6.45, 7) is 3.95. The number of benzene rings is 3. The zero-order chi connectivity index (χ0) is 21.5. The molecule has 3 rings (SSSR count). The van der Waals surface area contributed by atoms with Gasteiger partial charge in [-0.2, -0.15) is 0 Å². The van der Waals surface area contributed by atoms with E-state index >= 15 is 0 Å². The number of anilines is 2. The summed E-state index contributed by atoms with van der Waals surface area (Å²) < 4.78 is 0.